The quantitative estimate of drug-likeness (QED) is 0.476. The van der Waals surface area contributed by atoms with Crippen LogP contribution in [-0.4, -0.2) is 15.9 Å². The highest BCUT2D eigenvalue weighted by atomic mass is 15.1. The van der Waals surface area contributed by atoms with Gasteiger partial charge in [0.05, 0.1) is 6.20 Å². The third kappa shape index (κ3) is 0.579. The summed E-state index contributed by atoms with van der Waals surface area (Å²) in [5.74, 6) is 0.935. The van der Waals surface area contributed by atoms with Crippen LogP contribution >= 0.6 is 0 Å². The minimum atomic E-state index is 0.935. The SMILES string of the molecule is C1=Cc2nccn2C=[N+]1. The van der Waals surface area contributed by atoms with Crippen molar-refractivity contribution in [2.45, 2.75) is 0 Å². The highest BCUT2D eigenvalue weighted by molar-refractivity contribution is 5.65. The van der Waals surface area contributed by atoms with Crippen LogP contribution in [0, 0.1) is 0 Å². The first-order valence-corrected chi connectivity index (χ1v) is 2.69. The molecule has 0 spiro atoms. The van der Waals surface area contributed by atoms with E-state index in [0.29, 0.717) is 0 Å². The van der Waals surface area contributed by atoms with Crippen LogP contribution in [0.1, 0.15) is 5.82 Å². The van der Waals surface area contributed by atoms with Crippen molar-refractivity contribution < 1.29 is 0 Å². The zero-order valence-electron chi connectivity index (χ0n) is 4.73. The van der Waals surface area contributed by atoms with Crippen LogP contribution in [0.25, 0.3) is 6.08 Å². The number of aromatic nitrogens is 2. The zero-order valence-corrected chi connectivity index (χ0v) is 4.73. The third-order valence-corrected chi connectivity index (χ3v) is 1.20. The van der Waals surface area contributed by atoms with Gasteiger partial charge in [0.1, 0.15) is 12.4 Å². The molecule has 1 aliphatic heterocycles. The van der Waals surface area contributed by atoms with Crippen molar-refractivity contribution in [2.75, 3.05) is 0 Å². The largest absolute Gasteiger partial charge is 0.292 e. The van der Waals surface area contributed by atoms with E-state index in [1.165, 1.54) is 0 Å². The lowest BCUT2D eigenvalue weighted by Crippen LogP contribution is -2.04. The third-order valence-electron chi connectivity index (χ3n) is 1.20. The van der Waals surface area contributed by atoms with Gasteiger partial charge in [0, 0.05) is 6.08 Å². The molecule has 0 aromatic carbocycles. The van der Waals surface area contributed by atoms with Gasteiger partial charge in [-0.1, -0.05) is 4.99 Å². The topological polar surface area (TPSA) is 31.9 Å². The fourth-order valence-electron chi connectivity index (χ4n) is 0.771. The van der Waals surface area contributed by atoms with E-state index in [9.17, 15) is 0 Å². The van der Waals surface area contributed by atoms with Gasteiger partial charge in [-0.25, -0.2) is 4.98 Å². The van der Waals surface area contributed by atoms with Gasteiger partial charge < -0.3 is 0 Å². The van der Waals surface area contributed by atoms with E-state index in [1.807, 2.05) is 16.8 Å². The normalized spacial score (nSPS) is 13.8. The molecule has 0 saturated heterocycles. The van der Waals surface area contributed by atoms with Crippen LogP contribution < -0.4 is 4.99 Å². The summed E-state index contributed by atoms with van der Waals surface area (Å²) in [4.78, 5) is 7.95. The minimum Gasteiger partial charge on any atom is -0.214 e. The van der Waals surface area contributed by atoms with Crippen molar-refractivity contribution in [3.8, 4) is 0 Å². The fourth-order valence-corrected chi connectivity index (χ4v) is 0.771. The number of aliphatic imine (C=N–C) groups is 1. The molecule has 0 saturated carbocycles. The monoisotopic (exact) mass is 119 g/mol. The molecular weight excluding hydrogens is 114 g/mol. The van der Waals surface area contributed by atoms with Gasteiger partial charge in [-0.3, -0.25) is 0 Å². The molecule has 0 bridgehead atoms. The number of hydrogen-bond acceptors (Lipinski definition) is 2. The van der Waals surface area contributed by atoms with E-state index in [4.69, 9.17) is 0 Å². The summed E-state index contributed by atoms with van der Waals surface area (Å²) < 4.78 is 1.86. The summed E-state index contributed by atoms with van der Waals surface area (Å²) in [7, 11) is 0. The van der Waals surface area contributed by atoms with E-state index < -0.39 is 0 Å². The summed E-state index contributed by atoms with van der Waals surface area (Å²) in [5, 5.41) is 0. The second kappa shape index (κ2) is 1.55. The van der Waals surface area contributed by atoms with E-state index in [2.05, 4.69) is 9.98 Å². The molecule has 3 heteroatoms. The molecule has 0 aliphatic carbocycles. The molecule has 1 aromatic rings. The van der Waals surface area contributed by atoms with Gasteiger partial charge >= 0.3 is 0 Å². The van der Waals surface area contributed by atoms with Crippen LogP contribution in [0.5, 0.6) is 0 Å². The highest BCUT2D eigenvalue weighted by Gasteiger charge is 2.05. The van der Waals surface area contributed by atoms with E-state index >= 15 is 0 Å². The molecule has 1 radical (unpaired) electrons. The van der Waals surface area contributed by atoms with Gasteiger partial charge in [0.25, 0.3) is 6.34 Å². The molecule has 2 heterocycles. The summed E-state index contributed by atoms with van der Waals surface area (Å²) in [6.45, 7) is 0. The Morgan fingerprint density at radius 3 is 3.44 bits per heavy atom. The molecule has 43 valence electrons. The zero-order chi connectivity index (χ0) is 6.10. The van der Waals surface area contributed by atoms with Gasteiger partial charge in [-0.15, -0.1) is 0 Å². The van der Waals surface area contributed by atoms with E-state index in [1.54, 1.807) is 18.7 Å². The van der Waals surface area contributed by atoms with Crippen LogP contribution in [0.4, 0.5) is 0 Å². The molecule has 2 rings (SSSR count). The van der Waals surface area contributed by atoms with Crippen molar-refractivity contribution in [1.29, 1.82) is 0 Å². The van der Waals surface area contributed by atoms with Crippen molar-refractivity contribution in [3.63, 3.8) is 0 Å². The first kappa shape index (κ1) is 4.49. The minimum absolute atomic E-state index is 0.935. The van der Waals surface area contributed by atoms with Crippen molar-refractivity contribution in [3.05, 3.63) is 24.4 Å². The van der Waals surface area contributed by atoms with Gasteiger partial charge in [0.2, 0.25) is 5.82 Å². The smallest absolute Gasteiger partial charge is 0.214 e. The summed E-state index contributed by atoms with van der Waals surface area (Å²) >= 11 is 0. The number of fused-ring (bicyclic) bond motifs is 1. The Hall–Kier alpha value is -1.38. The summed E-state index contributed by atoms with van der Waals surface area (Å²) in [6, 6.07) is 0. The maximum atomic E-state index is 4.04. The Morgan fingerprint density at radius 2 is 2.56 bits per heavy atom. The molecule has 9 heavy (non-hydrogen) atoms. The Kier molecular flexibility index (Phi) is 0.773. The van der Waals surface area contributed by atoms with Crippen molar-refractivity contribution in [1.82, 2.24) is 14.5 Å². The van der Waals surface area contributed by atoms with Crippen molar-refractivity contribution >= 4 is 12.4 Å². The lowest BCUT2D eigenvalue weighted by Gasteiger charge is -1.86. The predicted molar refractivity (Wildman–Crippen MR) is 34.9 cm³/mol. The molecule has 0 amide bonds. The Bertz CT molecular complexity index is 243. The first-order chi connectivity index (χ1) is 4.47. The molecule has 0 fully saturated rings. The fraction of sp³-hybridized carbons (Fsp3) is 0. The van der Waals surface area contributed by atoms with Gasteiger partial charge in [0.15, 0.2) is 0 Å². The highest BCUT2D eigenvalue weighted by Crippen LogP contribution is 1.97. The van der Waals surface area contributed by atoms with Crippen LogP contribution in [0.15, 0.2) is 18.6 Å². The lowest BCUT2D eigenvalue weighted by atomic mass is 10.5. The number of hydrogen-bond donors (Lipinski definition) is 0. The Morgan fingerprint density at radius 1 is 1.56 bits per heavy atom. The second-order valence-electron chi connectivity index (χ2n) is 1.77. The van der Waals surface area contributed by atoms with Crippen LogP contribution in [0.2, 0.25) is 0 Å². The molecule has 0 N–H and O–H groups in total. The average Bonchev–Trinajstić information content (AvgIpc) is 2.33. The number of nitrogens with zero attached hydrogens (tertiary/aromatic N) is 3. The number of imidazole rings is 1. The standard InChI is InChI=1S/C6H5N3/c1-2-7-5-9-4-3-8-6(1)9/h1-5H/q+1. The Balaban J connectivity index is 2.68. The molecular formula is C6H5N3+. The Labute approximate surface area is 52.4 Å². The summed E-state index contributed by atoms with van der Waals surface area (Å²) in [6.07, 6.45) is 8.92. The molecule has 3 nitrogen and oxygen atoms in total. The second-order valence-corrected chi connectivity index (χ2v) is 1.77. The lowest BCUT2D eigenvalue weighted by molar-refractivity contribution is 1.09. The van der Waals surface area contributed by atoms with Crippen LogP contribution in [-0.2, 0) is 0 Å². The van der Waals surface area contributed by atoms with Crippen molar-refractivity contribution in [2.24, 2.45) is 0 Å². The van der Waals surface area contributed by atoms with Gasteiger partial charge in [-0.2, -0.15) is 4.57 Å². The van der Waals surface area contributed by atoms with Gasteiger partial charge in [-0.05, 0) is 0 Å². The maximum absolute atomic E-state index is 4.04. The molecule has 1 aliphatic rings. The molecule has 0 atom stereocenters. The average molecular weight is 119 g/mol. The first-order valence-electron chi connectivity index (χ1n) is 2.69. The maximum Gasteiger partial charge on any atom is 0.292 e. The number of rotatable bonds is 0. The molecule has 1 aromatic heterocycles. The van der Waals surface area contributed by atoms with Crippen LogP contribution in [0.3, 0.4) is 0 Å². The van der Waals surface area contributed by atoms with E-state index in [0.717, 1.165) is 5.82 Å². The summed E-state index contributed by atoms with van der Waals surface area (Å²) in [5.41, 5.74) is 0. The predicted octanol–water partition coefficient (Wildman–Crippen LogP) is 0.0796. The van der Waals surface area contributed by atoms with E-state index in [-0.39, 0.29) is 0 Å². The molecule has 0 unspecified atom stereocenters.